The molecular formula is C42H45N5O. The number of hydrogen-bond donors (Lipinski definition) is 2. The molecule has 0 spiro atoms. The van der Waals surface area contributed by atoms with Crippen LogP contribution >= 0.6 is 0 Å². The van der Waals surface area contributed by atoms with Crippen LogP contribution in [0.2, 0.25) is 0 Å². The van der Waals surface area contributed by atoms with Gasteiger partial charge in [0.05, 0.1) is 5.69 Å². The summed E-state index contributed by atoms with van der Waals surface area (Å²) in [5.74, 6) is 1.09. The fourth-order valence-corrected chi connectivity index (χ4v) is 6.35. The Morgan fingerprint density at radius 2 is 1.54 bits per heavy atom. The summed E-state index contributed by atoms with van der Waals surface area (Å²) < 4.78 is 0. The topological polar surface area (TPSA) is 70.1 Å². The summed E-state index contributed by atoms with van der Waals surface area (Å²) in [4.78, 5) is 24.8. The summed E-state index contributed by atoms with van der Waals surface area (Å²) >= 11 is 0. The highest BCUT2D eigenvalue weighted by molar-refractivity contribution is 6.05. The lowest BCUT2D eigenvalue weighted by Gasteiger charge is -2.35. The summed E-state index contributed by atoms with van der Waals surface area (Å²) in [5, 5.41) is 6.45. The number of likely N-dealkylation sites (tertiary alicyclic amines) is 1. The van der Waals surface area contributed by atoms with Crippen LogP contribution in [0.25, 0.3) is 17.0 Å². The number of amides is 1. The van der Waals surface area contributed by atoms with Gasteiger partial charge in [-0.05, 0) is 96.2 Å². The van der Waals surface area contributed by atoms with Crippen LogP contribution in [0.3, 0.4) is 0 Å². The van der Waals surface area contributed by atoms with Crippen LogP contribution in [0.15, 0.2) is 116 Å². The molecule has 0 atom stereocenters. The molecule has 48 heavy (non-hydrogen) atoms. The zero-order chi connectivity index (χ0) is 33.7. The standard InChI is InChI=1S/C42H45N5O/c1-29-37(12-9-13-38(29)45-40(48)34-14-18-35(19-15-34)42(3,4)5)39-22-25-43-41(46-39)44-36-20-16-33(17-21-36)30(2)47-26-23-32(24-27-47)28-31-10-7-6-8-11-31/h6-22,25,32H,2,23-24,26-28H2,1,3-5H3,(H,45,48)(H,43,44,46). The number of carbonyl (C=O) groups is 1. The molecule has 1 fully saturated rings. The molecule has 0 saturated carbocycles. The quantitative estimate of drug-likeness (QED) is 0.169. The van der Waals surface area contributed by atoms with Crippen molar-refractivity contribution < 1.29 is 4.79 Å². The van der Waals surface area contributed by atoms with E-state index in [9.17, 15) is 4.79 Å². The van der Waals surface area contributed by atoms with Gasteiger partial charge in [0.25, 0.3) is 5.91 Å². The predicted octanol–water partition coefficient (Wildman–Crippen LogP) is 9.67. The first kappa shape index (κ1) is 32.7. The summed E-state index contributed by atoms with van der Waals surface area (Å²) in [6.45, 7) is 15.0. The van der Waals surface area contributed by atoms with Gasteiger partial charge in [-0.15, -0.1) is 0 Å². The summed E-state index contributed by atoms with van der Waals surface area (Å²) in [6, 6.07) is 34.7. The molecule has 0 bridgehead atoms. The number of nitrogens with zero attached hydrogens (tertiary/aromatic N) is 3. The Balaban J connectivity index is 1.07. The number of anilines is 3. The lowest BCUT2D eigenvalue weighted by atomic mass is 9.86. The average molecular weight is 636 g/mol. The number of nitrogens with one attached hydrogen (secondary N) is 2. The second-order valence-corrected chi connectivity index (χ2v) is 13.8. The third kappa shape index (κ3) is 7.83. The van der Waals surface area contributed by atoms with E-state index in [2.05, 4.69) is 90.3 Å². The monoisotopic (exact) mass is 635 g/mol. The Hall–Kier alpha value is -5.23. The summed E-state index contributed by atoms with van der Waals surface area (Å²) in [5.41, 5.74) is 9.77. The van der Waals surface area contributed by atoms with Crippen LogP contribution in [0, 0.1) is 12.8 Å². The first-order valence-corrected chi connectivity index (χ1v) is 16.8. The lowest BCUT2D eigenvalue weighted by Crippen LogP contribution is -2.32. The molecule has 0 unspecified atom stereocenters. The van der Waals surface area contributed by atoms with E-state index in [0.717, 1.165) is 64.9 Å². The zero-order valence-electron chi connectivity index (χ0n) is 28.5. The molecule has 4 aromatic carbocycles. The van der Waals surface area contributed by atoms with Crippen LogP contribution in [0.4, 0.5) is 17.3 Å². The van der Waals surface area contributed by atoms with Crippen molar-refractivity contribution >= 4 is 28.9 Å². The van der Waals surface area contributed by atoms with Gasteiger partial charge in [0.1, 0.15) is 0 Å². The maximum atomic E-state index is 13.1. The third-order valence-corrected chi connectivity index (χ3v) is 9.36. The third-order valence-electron chi connectivity index (χ3n) is 9.36. The van der Waals surface area contributed by atoms with Crippen molar-refractivity contribution in [3.05, 3.63) is 144 Å². The van der Waals surface area contributed by atoms with Crippen molar-refractivity contribution in [1.29, 1.82) is 0 Å². The minimum atomic E-state index is -0.139. The van der Waals surface area contributed by atoms with E-state index >= 15 is 0 Å². The minimum absolute atomic E-state index is 0.0323. The van der Waals surface area contributed by atoms with Crippen molar-refractivity contribution in [3.63, 3.8) is 0 Å². The Kier molecular flexibility index (Phi) is 9.72. The maximum absolute atomic E-state index is 13.1. The molecule has 2 heterocycles. The van der Waals surface area contributed by atoms with E-state index in [1.54, 1.807) is 6.20 Å². The molecule has 1 aromatic heterocycles. The second kappa shape index (κ2) is 14.3. The molecule has 6 heteroatoms. The average Bonchev–Trinajstić information content (AvgIpc) is 3.10. The van der Waals surface area contributed by atoms with Crippen LogP contribution in [0.1, 0.15) is 66.2 Å². The molecule has 6 rings (SSSR count). The molecule has 2 N–H and O–H groups in total. The van der Waals surface area contributed by atoms with Gasteiger partial charge in [0.15, 0.2) is 0 Å². The van der Waals surface area contributed by atoms with Gasteiger partial charge in [0, 0.05) is 47.5 Å². The van der Waals surface area contributed by atoms with Gasteiger partial charge in [-0.25, -0.2) is 9.97 Å². The smallest absolute Gasteiger partial charge is 0.255 e. The van der Waals surface area contributed by atoms with Gasteiger partial charge < -0.3 is 15.5 Å². The Morgan fingerprint density at radius 3 is 2.23 bits per heavy atom. The van der Waals surface area contributed by atoms with Crippen molar-refractivity contribution in [1.82, 2.24) is 14.9 Å². The van der Waals surface area contributed by atoms with E-state index in [1.165, 1.54) is 24.0 Å². The van der Waals surface area contributed by atoms with Crippen LogP contribution in [0.5, 0.6) is 0 Å². The van der Waals surface area contributed by atoms with Gasteiger partial charge in [-0.3, -0.25) is 4.79 Å². The van der Waals surface area contributed by atoms with Gasteiger partial charge >= 0.3 is 0 Å². The highest BCUT2D eigenvalue weighted by Gasteiger charge is 2.21. The van der Waals surface area contributed by atoms with E-state index in [1.807, 2.05) is 67.6 Å². The van der Waals surface area contributed by atoms with Crippen LogP contribution in [-0.4, -0.2) is 33.9 Å². The molecule has 1 saturated heterocycles. The molecule has 6 nitrogen and oxygen atoms in total. The Labute approximate surface area is 285 Å². The second-order valence-electron chi connectivity index (χ2n) is 13.8. The molecule has 1 amide bonds. The largest absolute Gasteiger partial charge is 0.372 e. The Bertz CT molecular complexity index is 1870. The molecule has 0 aliphatic carbocycles. The van der Waals surface area contributed by atoms with Gasteiger partial charge in [-0.2, -0.15) is 0 Å². The lowest BCUT2D eigenvalue weighted by molar-refractivity contribution is 0.102. The number of aromatic nitrogens is 2. The fraction of sp³-hybridized carbons (Fsp3) is 0.262. The normalized spacial score (nSPS) is 13.6. The first-order valence-electron chi connectivity index (χ1n) is 16.8. The SMILES string of the molecule is C=C(c1ccc(Nc2nccc(-c3cccc(NC(=O)c4ccc(C(C)(C)C)cc4)c3C)n2)cc1)N1CCC(Cc2ccccc2)CC1. The highest BCUT2D eigenvalue weighted by Crippen LogP contribution is 2.30. The molecular weight excluding hydrogens is 590 g/mol. The maximum Gasteiger partial charge on any atom is 0.255 e. The van der Waals surface area contributed by atoms with E-state index in [0.29, 0.717) is 11.5 Å². The number of benzene rings is 4. The van der Waals surface area contributed by atoms with Crippen LogP contribution < -0.4 is 10.6 Å². The van der Waals surface area contributed by atoms with Crippen LogP contribution in [-0.2, 0) is 11.8 Å². The number of piperidine rings is 1. The van der Waals surface area contributed by atoms with Gasteiger partial charge in [-0.1, -0.05) is 94.1 Å². The minimum Gasteiger partial charge on any atom is -0.372 e. The van der Waals surface area contributed by atoms with Crippen molar-refractivity contribution in [2.75, 3.05) is 23.7 Å². The van der Waals surface area contributed by atoms with Crippen molar-refractivity contribution in [3.8, 4) is 11.3 Å². The highest BCUT2D eigenvalue weighted by atomic mass is 16.1. The predicted molar refractivity (Wildman–Crippen MR) is 199 cm³/mol. The molecule has 1 aliphatic rings. The molecule has 1 aliphatic heterocycles. The van der Waals surface area contributed by atoms with Crippen molar-refractivity contribution in [2.45, 2.75) is 52.4 Å². The van der Waals surface area contributed by atoms with E-state index in [-0.39, 0.29) is 11.3 Å². The fourth-order valence-electron chi connectivity index (χ4n) is 6.35. The number of hydrogen-bond acceptors (Lipinski definition) is 5. The van der Waals surface area contributed by atoms with Gasteiger partial charge in [0.2, 0.25) is 5.95 Å². The van der Waals surface area contributed by atoms with Crippen molar-refractivity contribution in [2.24, 2.45) is 5.92 Å². The Morgan fingerprint density at radius 1 is 0.854 bits per heavy atom. The molecule has 244 valence electrons. The van der Waals surface area contributed by atoms with E-state index in [4.69, 9.17) is 4.98 Å². The summed E-state index contributed by atoms with van der Waals surface area (Å²) in [6.07, 6.45) is 5.27. The molecule has 5 aromatic rings. The number of rotatable bonds is 9. The van der Waals surface area contributed by atoms with E-state index < -0.39 is 0 Å². The summed E-state index contributed by atoms with van der Waals surface area (Å²) in [7, 11) is 0. The molecule has 0 radical (unpaired) electrons. The first-order chi connectivity index (χ1) is 23.1. The number of carbonyl (C=O) groups excluding carboxylic acids is 1. The zero-order valence-corrected chi connectivity index (χ0v) is 28.5.